The van der Waals surface area contributed by atoms with E-state index in [4.69, 9.17) is 0 Å². The molecule has 2 saturated heterocycles. The van der Waals surface area contributed by atoms with E-state index in [1.165, 1.54) is 23.8 Å². The summed E-state index contributed by atoms with van der Waals surface area (Å²) in [7, 11) is 2.01. The number of aryl methyl sites for hydroxylation is 1. The van der Waals surface area contributed by atoms with Crippen LogP contribution in [0.2, 0.25) is 0 Å². The summed E-state index contributed by atoms with van der Waals surface area (Å²) < 4.78 is 43.8. The number of nitrogens with zero attached hydrogens (tertiary/aromatic N) is 5. The number of halogens is 3. The fourth-order valence-corrected chi connectivity index (χ4v) is 6.90. The minimum atomic E-state index is -4.50. The second-order valence-corrected chi connectivity index (χ2v) is 12.5. The SMILES string of the molecule is CC.CC1CC(c2nncn2C)C1.O=C1c2cc(CN3CCC(NC4CCNC4)C3)cc(C(F)(F)F)c2CN1c1ccccc1. The van der Waals surface area contributed by atoms with Gasteiger partial charge in [-0.05, 0) is 73.5 Å². The molecule has 45 heavy (non-hydrogen) atoms. The summed E-state index contributed by atoms with van der Waals surface area (Å²) in [5.74, 6) is 2.35. The molecule has 1 saturated carbocycles. The lowest BCUT2D eigenvalue weighted by molar-refractivity contribution is -0.138. The lowest BCUT2D eigenvalue weighted by atomic mass is 9.76. The Morgan fingerprint density at radius 2 is 1.82 bits per heavy atom. The van der Waals surface area contributed by atoms with Crippen molar-refractivity contribution >= 4 is 11.6 Å². The highest BCUT2D eigenvalue weighted by molar-refractivity contribution is 6.10. The summed E-state index contributed by atoms with van der Waals surface area (Å²) in [6.45, 7) is 10.3. The summed E-state index contributed by atoms with van der Waals surface area (Å²) in [4.78, 5) is 16.6. The van der Waals surface area contributed by atoms with Gasteiger partial charge in [-0.1, -0.05) is 39.0 Å². The third-order valence-corrected chi connectivity index (χ3v) is 9.17. The van der Waals surface area contributed by atoms with Crippen molar-refractivity contribution in [2.45, 2.75) is 83.7 Å². The molecule has 11 heteroatoms. The first-order valence-electron chi connectivity index (χ1n) is 16.3. The molecule has 0 spiro atoms. The van der Waals surface area contributed by atoms with Crippen molar-refractivity contribution < 1.29 is 18.0 Å². The van der Waals surface area contributed by atoms with Crippen LogP contribution in [-0.2, 0) is 26.3 Å². The number of hydrogen-bond donors (Lipinski definition) is 2. The van der Waals surface area contributed by atoms with Crippen LogP contribution < -0.4 is 15.5 Å². The van der Waals surface area contributed by atoms with Gasteiger partial charge in [-0.3, -0.25) is 9.69 Å². The number of alkyl halides is 3. The third kappa shape index (κ3) is 7.76. The van der Waals surface area contributed by atoms with Gasteiger partial charge in [-0.15, -0.1) is 10.2 Å². The number of aromatic nitrogens is 3. The van der Waals surface area contributed by atoms with E-state index in [-0.39, 0.29) is 23.6 Å². The molecule has 0 radical (unpaired) electrons. The Bertz CT molecular complexity index is 1410. The number of carbonyl (C=O) groups is 1. The zero-order valence-corrected chi connectivity index (χ0v) is 26.8. The van der Waals surface area contributed by atoms with Gasteiger partial charge in [0.25, 0.3) is 5.91 Å². The van der Waals surface area contributed by atoms with Gasteiger partial charge >= 0.3 is 6.18 Å². The minimum absolute atomic E-state index is 0.0571. The zero-order chi connectivity index (χ0) is 32.1. The monoisotopic (exact) mass is 625 g/mol. The summed E-state index contributed by atoms with van der Waals surface area (Å²) in [5.41, 5.74) is 0.706. The van der Waals surface area contributed by atoms with Gasteiger partial charge in [-0.2, -0.15) is 13.2 Å². The Balaban J connectivity index is 0.000000257. The van der Waals surface area contributed by atoms with Crippen molar-refractivity contribution in [2.24, 2.45) is 13.0 Å². The third-order valence-electron chi connectivity index (χ3n) is 9.17. The standard InChI is InChI=1S/C24H27F3N4O.C8H13N3.C2H6/c25-24(26,27)22-11-16(13-30-9-7-18(14-30)29-17-6-8-28-12-17)10-20-21(22)15-31(23(20)32)19-4-2-1-3-5-19;1-6-3-7(4-6)8-10-9-5-11(8)2;1-2/h1-5,10-11,17-18,28-29H,6-9,12-15H2;5-7H,3-4H2,1-2H3;1-2H3. The van der Waals surface area contributed by atoms with Crippen LogP contribution in [0.25, 0.3) is 0 Å². The number of benzene rings is 2. The van der Waals surface area contributed by atoms with Crippen LogP contribution in [0.5, 0.6) is 0 Å². The lowest BCUT2D eigenvalue weighted by Gasteiger charge is -2.31. The van der Waals surface area contributed by atoms with Gasteiger partial charge < -0.3 is 20.1 Å². The molecule has 3 fully saturated rings. The van der Waals surface area contributed by atoms with E-state index in [2.05, 4.69) is 32.7 Å². The molecule has 1 amide bonds. The topological polar surface area (TPSA) is 78.3 Å². The van der Waals surface area contributed by atoms with Gasteiger partial charge in [0, 0.05) is 62.5 Å². The van der Waals surface area contributed by atoms with E-state index in [1.54, 1.807) is 36.7 Å². The van der Waals surface area contributed by atoms with E-state index in [0.717, 1.165) is 50.8 Å². The number of amides is 1. The second-order valence-electron chi connectivity index (χ2n) is 12.5. The highest BCUT2D eigenvalue weighted by atomic mass is 19.4. The maximum absolute atomic E-state index is 13.9. The normalized spacial score (nSPS) is 24.4. The first-order valence-corrected chi connectivity index (χ1v) is 16.3. The van der Waals surface area contributed by atoms with E-state index >= 15 is 0 Å². The fourth-order valence-electron chi connectivity index (χ4n) is 6.90. The molecule has 4 heterocycles. The number of carbonyl (C=O) groups excluding carboxylic acids is 1. The molecule has 3 aromatic rings. The molecule has 2 atom stereocenters. The van der Waals surface area contributed by atoms with Gasteiger partial charge in [0.1, 0.15) is 12.2 Å². The number of nitrogens with one attached hydrogen (secondary N) is 2. The molecule has 1 aliphatic carbocycles. The quantitative estimate of drug-likeness (QED) is 0.364. The molecule has 2 aromatic carbocycles. The number of para-hydroxylation sites is 1. The molecule has 3 aliphatic heterocycles. The highest BCUT2D eigenvalue weighted by Crippen LogP contribution is 2.40. The maximum Gasteiger partial charge on any atom is 0.416 e. The predicted octanol–water partition coefficient (Wildman–Crippen LogP) is 5.75. The molecule has 0 bridgehead atoms. The van der Waals surface area contributed by atoms with E-state index < -0.39 is 11.7 Å². The van der Waals surface area contributed by atoms with Crippen molar-refractivity contribution in [2.75, 3.05) is 31.1 Å². The van der Waals surface area contributed by atoms with Crippen LogP contribution in [0.3, 0.4) is 0 Å². The van der Waals surface area contributed by atoms with Crippen molar-refractivity contribution in [3.05, 3.63) is 76.9 Å². The first-order chi connectivity index (χ1) is 21.7. The number of fused-ring (bicyclic) bond motifs is 1. The van der Waals surface area contributed by atoms with Crippen LogP contribution in [0.15, 0.2) is 48.8 Å². The summed E-state index contributed by atoms with van der Waals surface area (Å²) in [6.07, 6.45) is 1.93. The van der Waals surface area contributed by atoms with Crippen molar-refractivity contribution in [3.63, 3.8) is 0 Å². The number of likely N-dealkylation sites (tertiary alicyclic amines) is 1. The average molecular weight is 626 g/mol. The molecule has 244 valence electrons. The lowest BCUT2D eigenvalue weighted by Crippen LogP contribution is -2.41. The van der Waals surface area contributed by atoms with Crippen molar-refractivity contribution in [1.82, 2.24) is 30.3 Å². The Labute approximate surface area is 264 Å². The van der Waals surface area contributed by atoms with Crippen molar-refractivity contribution in [1.29, 1.82) is 0 Å². The van der Waals surface area contributed by atoms with Crippen LogP contribution in [0, 0.1) is 5.92 Å². The zero-order valence-electron chi connectivity index (χ0n) is 26.8. The van der Waals surface area contributed by atoms with Crippen LogP contribution in [0.4, 0.5) is 18.9 Å². The van der Waals surface area contributed by atoms with Gasteiger partial charge in [0.15, 0.2) is 0 Å². The molecule has 2 unspecified atom stereocenters. The van der Waals surface area contributed by atoms with E-state index in [1.807, 2.05) is 31.5 Å². The minimum Gasteiger partial charge on any atom is -0.320 e. The largest absolute Gasteiger partial charge is 0.416 e. The van der Waals surface area contributed by atoms with Gasteiger partial charge in [0.2, 0.25) is 0 Å². The van der Waals surface area contributed by atoms with Crippen LogP contribution >= 0.6 is 0 Å². The molecular weight excluding hydrogens is 579 g/mol. The number of anilines is 1. The molecule has 2 N–H and O–H groups in total. The Hall–Kier alpha value is -3.28. The van der Waals surface area contributed by atoms with Crippen molar-refractivity contribution in [3.8, 4) is 0 Å². The summed E-state index contributed by atoms with van der Waals surface area (Å²) in [5, 5.41) is 14.9. The van der Waals surface area contributed by atoms with Crippen LogP contribution in [-0.4, -0.2) is 63.8 Å². The molecule has 8 nitrogen and oxygen atoms in total. The molecule has 7 rings (SSSR count). The van der Waals surface area contributed by atoms with Gasteiger partial charge in [-0.25, -0.2) is 0 Å². The van der Waals surface area contributed by atoms with E-state index in [0.29, 0.717) is 35.8 Å². The summed E-state index contributed by atoms with van der Waals surface area (Å²) in [6, 6.07) is 12.6. The summed E-state index contributed by atoms with van der Waals surface area (Å²) >= 11 is 0. The van der Waals surface area contributed by atoms with E-state index in [9.17, 15) is 18.0 Å². The smallest absolute Gasteiger partial charge is 0.320 e. The average Bonchev–Trinajstić information content (AvgIpc) is 3.83. The van der Waals surface area contributed by atoms with Crippen LogP contribution in [0.1, 0.15) is 85.2 Å². The van der Waals surface area contributed by atoms with Gasteiger partial charge in [0.05, 0.1) is 12.1 Å². The molecular formula is C34H46F3N7O. The maximum atomic E-state index is 13.9. The second kappa shape index (κ2) is 14.4. The Kier molecular flexibility index (Phi) is 10.6. The molecule has 1 aromatic heterocycles. The molecule has 4 aliphatic rings. The fraction of sp³-hybridized carbons (Fsp3) is 0.559. The Morgan fingerprint density at radius 1 is 1.07 bits per heavy atom. The first kappa shape index (κ1) is 33.1. The number of hydrogen-bond acceptors (Lipinski definition) is 6. The number of rotatable bonds is 6. The predicted molar refractivity (Wildman–Crippen MR) is 170 cm³/mol. The Morgan fingerprint density at radius 3 is 2.44 bits per heavy atom. The highest BCUT2D eigenvalue weighted by Gasteiger charge is 2.41.